The number of hydrogen-bond donors (Lipinski definition) is 0. The van der Waals surface area contributed by atoms with Gasteiger partial charge in [-0.3, -0.25) is 0 Å². The lowest BCUT2D eigenvalue weighted by atomic mass is 10.1. The highest BCUT2D eigenvalue weighted by molar-refractivity contribution is 7.74. The maximum absolute atomic E-state index is 5.46. The van der Waals surface area contributed by atoms with E-state index in [4.69, 9.17) is 12.2 Å². The van der Waals surface area contributed by atoms with Crippen LogP contribution in [0.4, 0.5) is 0 Å². The predicted molar refractivity (Wildman–Crippen MR) is 78.1 cm³/mol. The van der Waals surface area contributed by atoms with Crippen LogP contribution in [0.1, 0.15) is 0 Å². The lowest BCUT2D eigenvalue weighted by Gasteiger charge is -2.03. The molecule has 0 aliphatic carbocycles. The lowest BCUT2D eigenvalue weighted by Crippen LogP contribution is -1.76. The maximum Gasteiger partial charge on any atom is 0.0983 e. The van der Waals surface area contributed by atoms with Crippen molar-refractivity contribution in [2.75, 3.05) is 0 Å². The highest BCUT2D eigenvalue weighted by atomic mass is 32.1. The van der Waals surface area contributed by atoms with Crippen molar-refractivity contribution in [3.05, 3.63) is 64.5 Å². The molecule has 1 aromatic heterocycles. The van der Waals surface area contributed by atoms with E-state index in [0.717, 1.165) is 3.82 Å². The SMILES string of the molecule is S=c1sc(-c2ccccc2)cc2ccccc12. The van der Waals surface area contributed by atoms with E-state index in [-0.39, 0.29) is 0 Å². The van der Waals surface area contributed by atoms with Gasteiger partial charge in [0, 0.05) is 10.3 Å². The predicted octanol–water partition coefficient (Wildman–Crippen LogP) is 5.30. The molecule has 3 rings (SSSR count). The molecule has 0 unspecified atom stereocenters. The Morgan fingerprint density at radius 1 is 0.824 bits per heavy atom. The molecule has 0 bridgehead atoms. The highest BCUT2D eigenvalue weighted by Crippen LogP contribution is 2.29. The van der Waals surface area contributed by atoms with Gasteiger partial charge < -0.3 is 0 Å². The van der Waals surface area contributed by atoms with E-state index in [0.29, 0.717) is 0 Å². The topological polar surface area (TPSA) is 0 Å². The first-order valence-corrected chi connectivity index (χ1v) is 6.65. The molecule has 0 aliphatic rings. The van der Waals surface area contributed by atoms with E-state index >= 15 is 0 Å². The van der Waals surface area contributed by atoms with Gasteiger partial charge >= 0.3 is 0 Å². The Labute approximate surface area is 109 Å². The molecule has 3 aromatic rings. The van der Waals surface area contributed by atoms with E-state index in [9.17, 15) is 0 Å². The average Bonchev–Trinajstić information content (AvgIpc) is 2.40. The summed E-state index contributed by atoms with van der Waals surface area (Å²) >= 11 is 7.13. The molecule has 82 valence electrons. The fraction of sp³-hybridized carbons (Fsp3) is 0. The quantitative estimate of drug-likeness (QED) is 0.531. The minimum atomic E-state index is 0.960. The number of benzene rings is 2. The summed E-state index contributed by atoms with van der Waals surface area (Å²) in [6, 6.07) is 20.9. The normalized spacial score (nSPS) is 10.6. The van der Waals surface area contributed by atoms with Gasteiger partial charge in [-0.25, -0.2) is 0 Å². The summed E-state index contributed by atoms with van der Waals surface area (Å²) in [5, 5.41) is 2.39. The van der Waals surface area contributed by atoms with Gasteiger partial charge in [-0.15, -0.1) is 11.3 Å². The molecule has 1 heterocycles. The first kappa shape index (κ1) is 10.6. The van der Waals surface area contributed by atoms with Crippen LogP contribution in [0, 0.1) is 3.82 Å². The van der Waals surface area contributed by atoms with Gasteiger partial charge in [0.05, 0.1) is 3.82 Å². The summed E-state index contributed by atoms with van der Waals surface area (Å²) in [5.74, 6) is 0. The lowest BCUT2D eigenvalue weighted by molar-refractivity contribution is 1.69. The van der Waals surface area contributed by atoms with Crippen molar-refractivity contribution in [3.8, 4) is 10.4 Å². The third-order valence-corrected chi connectivity index (χ3v) is 4.18. The van der Waals surface area contributed by atoms with Crippen LogP contribution >= 0.6 is 23.6 Å². The maximum atomic E-state index is 5.46. The van der Waals surface area contributed by atoms with Crippen molar-refractivity contribution in [1.82, 2.24) is 0 Å². The smallest absolute Gasteiger partial charge is 0.0983 e. The average molecular weight is 254 g/mol. The van der Waals surface area contributed by atoms with E-state index in [1.807, 2.05) is 12.1 Å². The van der Waals surface area contributed by atoms with Crippen molar-refractivity contribution >= 4 is 34.3 Å². The first-order valence-electron chi connectivity index (χ1n) is 5.43. The fourth-order valence-corrected chi connectivity index (χ4v) is 3.27. The largest absolute Gasteiger partial charge is 0.123 e. The second kappa shape index (κ2) is 4.40. The molecule has 0 fully saturated rings. The molecule has 17 heavy (non-hydrogen) atoms. The van der Waals surface area contributed by atoms with Gasteiger partial charge in [-0.2, -0.15) is 0 Å². The zero-order valence-electron chi connectivity index (χ0n) is 9.09. The standard InChI is InChI=1S/C15H10S2/c16-15-13-9-5-4-8-12(13)10-14(17-15)11-6-2-1-3-7-11/h1-10H. The monoisotopic (exact) mass is 254 g/mol. The van der Waals surface area contributed by atoms with Gasteiger partial charge in [-0.05, 0) is 17.0 Å². The zero-order valence-corrected chi connectivity index (χ0v) is 10.7. The Kier molecular flexibility index (Phi) is 2.75. The fourth-order valence-electron chi connectivity index (χ4n) is 1.88. The number of hydrogen-bond acceptors (Lipinski definition) is 2. The van der Waals surface area contributed by atoms with Gasteiger partial charge in [0.15, 0.2) is 0 Å². The van der Waals surface area contributed by atoms with Crippen molar-refractivity contribution in [2.24, 2.45) is 0 Å². The van der Waals surface area contributed by atoms with Crippen molar-refractivity contribution in [3.63, 3.8) is 0 Å². The minimum Gasteiger partial charge on any atom is -0.123 e. The summed E-state index contributed by atoms with van der Waals surface area (Å²) in [6.07, 6.45) is 0. The molecule has 0 nitrogen and oxygen atoms in total. The van der Waals surface area contributed by atoms with Crippen molar-refractivity contribution in [1.29, 1.82) is 0 Å². The van der Waals surface area contributed by atoms with E-state index < -0.39 is 0 Å². The Balaban J connectivity index is 2.30. The molecule has 0 N–H and O–H groups in total. The van der Waals surface area contributed by atoms with E-state index in [1.165, 1.54) is 21.2 Å². The molecule has 0 saturated carbocycles. The van der Waals surface area contributed by atoms with Crippen molar-refractivity contribution < 1.29 is 0 Å². The van der Waals surface area contributed by atoms with Crippen LogP contribution in [-0.2, 0) is 0 Å². The Morgan fingerprint density at radius 2 is 1.53 bits per heavy atom. The van der Waals surface area contributed by atoms with Crippen LogP contribution in [0.15, 0.2) is 60.7 Å². The molecule has 2 heteroatoms. The summed E-state index contributed by atoms with van der Waals surface area (Å²) in [6.45, 7) is 0. The van der Waals surface area contributed by atoms with Gasteiger partial charge in [-0.1, -0.05) is 66.8 Å². The molecule has 0 saturated heterocycles. The van der Waals surface area contributed by atoms with Crippen LogP contribution in [-0.4, -0.2) is 0 Å². The Bertz CT molecular complexity index is 712. The van der Waals surface area contributed by atoms with Crippen molar-refractivity contribution in [2.45, 2.75) is 0 Å². The highest BCUT2D eigenvalue weighted by Gasteiger charge is 2.01. The molecule has 2 aromatic carbocycles. The Morgan fingerprint density at radius 3 is 2.35 bits per heavy atom. The van der Waals surface area contributed by atoms with Crippen LogP contribution in [0.2, 0.25) is 0 Å². The summed E-state index contributed by atoms with van der Waals surface area (Å²) in [4.78, 5) is 1.23. The zero-order chi connectivity index (χ0) is 11.7. The van der Waals surface area contributed by atoms with Crippen LogP contribution in [0.25, 0.3) is 21.2 Å². The second-order valence-corrected chi connectivity index (χ2v) is 5.57. The molecular formula is C15H10S2. The molecule has 0 atom stereocenters. The third-order valence-electron chi connectivity index (χ3n) is 2.73. The molecule has 0 spiro atoms. The number of rotatable bonds is 1. The minimum absolute atomic E-state index is 0.960. The number of fused-ring (bicyclic) bond motifs is 1. The first-order chi connectivity index (χ1) is 8.34. The van der Waals surface area contributed by atoms with Gasteiger partial charge in [0.2, 0.25) is 0 Å². The summed E-state index contributed by atoms with van der Waals surface area (Å²) < 4.78 is 0.960. The molecule has 0 amide bonds. The van der Waals surface area contributed by atoms with Gasteiger partial charge in [0.1, 0.15) is 0 Å². The molecule has 0 radical (unpaired) electrons. The summed E-state index contributed by atoms with van der Waals surface area (Å²) in [7, 11) is 0. The van der Waals surface area contributed by atoms with Crippen LogP contribution in [0.3, 0.4) is 0 Å². The molecule has 0 aliphatic heterocycles. The van der Waals surface area contributed by atoms with Crippen LogP contribution < -0.4 is 0 Å². The third kappa shape index (κ3) is 2.02. The van der Waals surface area contributed by atoms with Crippen LogP contribution in [0.5, 0.6) is 0 Å². The van der Waals surface area contributed by atoms with E-state index in [2.05, 4.69) is 48.5 Å². The molecular weight excluding hydrogens is 244 g/mol. The van der Waals surface area contributed by atoms with Gasteiger partial charge in [0.25, 0.3) is 0 Å². The summed E-state index contributed by atoms with van der Waals surface area (Å²) in [5.41, 5.74) is 1.23. The Hall–Kier alpha value is -1.51. The second-order valence-electron chi connectivity index (χ2n) is 3.85. The van der Waals surface area contributed by atoms with E-state index in [1.54, 1.807) is 11.3 Å².